The number of nitrogens with zero attached hydrogens (tertiary/aromatic N) is 1. The van der Waals surface area contributed by atoms with E-state index in [1.807, 2.05) is 31.2 Å². The van der Waals surface area contributed by atoms with E-state index in [2.05, 4.69) is 0 Å². The number of amides is 1. The zero-order chi connectivity index (χ0) is 16.4. The highest BCUT2D eigenvalue weighted by Crippen LogP contribution is 2.36. The van der Waals surface area contributed by atoms with Gasteiger partial charge in [-0.15, -0.1) is 0 Å². The van der Waals surface area contributed by atoms with Crippen molar-refractivity contribution in [3.05, 3.63) is 35.4 Å². The Morgan fingerprint density at radius 2 is 1.96 bits per heavy atom. The molecule has 0 radical (unpaired) electrons. The third-order valence-corrected chi connectivity index (χ3v) is 4.89. The van der Waals surface area contributed by atoms with E-state index < -0.39 is 11.9 Å². The number of benzene rings is 1. The Hall–Kier alpha value is -1.88. The standard InChI is InChI=1S/C18H23NO4/c1-12-4-6-13(7-5-12)16-15(3-2-10-23-16)17(20)19-9-8-14(11-19)18(21)22/h4-7,14-16H,2-3,8-11H2,1H3,(H,21,22)/t14-,15+,16+/m1/s1. The van der Waals surface area contributed by atoms with Crippen molar-refractivity contribution in [1.82, 2.24) is 4.90 Å². The summed E-state index contributed by atoms with van der Waals surface area (Å²) >= 11 is 0. The van der Waals surface area contributed by atoms with Crippen molar-refractivity contribution in [2.24, 2.45) is 11.8 Å². The number of carbonyl (C=O) groups is 2. The molecule has 0 spiro atoms. The van der Waals surface area contributed by atoms with Crippen molar-refractivity contribution in [2.75, 3.05) is 19.7 Å². The monoisotopic (exact) mass is 317 g/mol. The Bertz CT molecular complexity index is 583. The average molecular weight is 317 g/mol. The third kappa shape index (κ3) is 3.39. The zero-order valence-electron chi connectivity index (χ0n) is 13.4. The summed E-state index contributed by atoms with van der Waals surface area (Å²) in [6, 6.07) is 8.11. The molecule has 124 valence electrons. The molecule has 3 rings (SSSR count). The lowest BCUT2D eigenvalue weighted by Crippen LogP contribution is -2.40. The number of hydrogen-bond donors (Lipinski definition) is 1. The lowest BCUT2D eigenvalue weighted by molar-refractivity contribution is -0.145. The van der Waals surface area contributed by atoms with Gasteiger partial charge in [0.25, 0.3) is 0 Å². The second-order valence-corrected chi connectivity index (χ2v) is 6.56. The molecule has 0 saturated carbocycles. The van der Waals surface area contributed by atoms with Crippen molar-refractivity contribution in [3.63, 3.8) is 0 Å². The lowest BCUT2D eigenvalue weighted by atomic mass is 9.88. The molecular formula is C18H23NO4. The zero-order valence-corrected chi connectivity index (χ0v) is 13.4. The van der Waals surface area contributed by atoms with E-state index in [4.69, 9.17) is 9.84 Å². The Balaban J connectivity index is 1.75. The van der Waals surface area contributed by atoms with Crippen LogP contribution >= 0.6 is 0 Å². The number of carbonyl (C=O) groups excluding carboxylic acids is 1. The quantitative estimate of drug-likeness (QED) is 0.929. The molecule has 0 bridgehead atoms. The lowest BCUT2D eigenvalue weighted by Gasteiger charge is -2.33. The van der Waals surface area contributed by atoms with E-state index >= 15 is 0 Å². The van der Waals surface area contributed by atoms with Crippen LogP contribution in [0.25, 0.3) is 0 Å². The molecule has 0 unspecified atom stereocenters. The van der Waals surface area contributed by atoms with Crippen LogP contribution in [0.1, 0.15) is 36.5 Å². The fourth-order valence-electron chi connectivity index (χ4n) is 3.52. The maximum Gasteiger partial charge on any atom is 0.308 e. The van der Waals surface area contributed by atoms with Crippen LogP contribution in [0.15, 0.2) is 24.3 Å². The topological polar surface area (TPSA) is 66.8 Å². The van der Waals surface area contributed by atoms with Crippen LogP contribution in [0.5, 0.6) is 0 Å². The molecule has 5 heteroatoms. The molecule has 23 heavy (non-hydrogen) atoms. The first-order valence-corrected chi connectivity index (χ1v) is 8.26. The molecule has 1 aromatic rings. The van der Waals surface area contributed by atoms with Gasteiger partial charge >= 0.3 is 5.97 Å². The van der Waals surface area contributed by atoms with Crippen LogP contribution in [-0.4, -0.2) is 41.6 Å². The van der Waals surface area contributed by atoms with E-state index in [-0.39, 0.29) is 17.9 Å². The number of aliphatic carboxylic acids is 1. The predicted molar refractivity (Wildman–Crippen MR) is 84.9 cm³/mol. The average Bonchev–Trinajstić information content (AvgIpc) is 3.05. The number of carboxylic acid groups (broad SMARTS) is 1. The van der Waals surface area contributed by atoms with E-state index in [0.717, 1.165) is 18.4 Å². The molecule has 3 atom stereocenters. The van der Waals surface area contributed by atoms with Gasteiger partial charge in [-0.3, -0.25) is 9.59 Å². The Morgan fingerprint density at radius 1 is 1.22 bits per heavy atom. The highest BCUT2D eigenvalue weighted by molar-refractivity contribution is 5.81. The number of ether oxygens (including phenoxy) is 1. The van der Waals surface area contributed by atoms with Gasteiger partial charge in [0.2, 0.25) is 5.91 Å². The number of hydrogen-bond acceptors (Lipinski definition) is 3. The third-order valence-electron chi connectivity index (χ3n) is 4.89. The number of carboxylic acids is 1. The molecule has 0 aliphatic carbocycles. The molecule has 1 aromatic carbocycles. The van der Waals surface area contributed by atoms with Crippen LogP contribution in [0.4, 0.5) is 0 Å². The Morgan fingerprint density at radius 3 is 2.61 bits per heavy atom. The minimum atomic E-state index is -0.810. The summed E-state index contributed by atoms with van der Waals surface area (Å²) < 4.78 is 5.91. The highest BCUT2D eigenvalue weighted by Gasteiger charge is 2.39. The Kier molecular flexibility index (Phi) is 4.66. The van der Waals surface area contributed by atoms with Crippen molar-refractivity contribution in [2.45, 2.75) is 32.3 Å². The fraction of sp³-hybridized carbons (Fsp3) is 0.556. The second kappa shape index (κ2) is 6.71. The Labute approximate surface area is 136 Å². The number of aryl methyl sites for hydroxylation is 1. The van der Waals surface area contributed by atoms with Crippen LogP contribution < -0.4 is 0 Å². The normalized spacial score (nSPS) is 27.9. The van der Waals surface area contributed by atoms with Gasteiger partial charge in [-0.2, -0.15) is 0 Å². The largest absolute Gasteiger partial charge is 0.481 e. The molecule has 1 amide bonds. The van der Waals surface area contributed by atoms with E-state index in [1.54, 1.807) is 4.90 Å². The van der Waals surface area contributed by atoms with Gasteiger partial charge in [0.05, 0.1) is 17.9 Å². The van der Waals surface area contributed by atoms with Gasteiger partial charge < -0.3 is 14.7 Å². The van der Waals surface area contributed by atoms with E-state index in [9.17, 15) is 9.59 Å². The van der Waals surface area contributed by atoms with Crippen molar-refractivity contribution >= 4 is 11.9 Å². The molecule has 1 N–H and O–H groups in total. The van der Waals surface area contributed by atoms with Crippen molar-refractivity contribution in [1.29, 1.82) is 0 Å². The van der Waals surface area contributed by atoms with Gasteiger partial charge in [-0.1, -0.05) is 29.8 Å². The van der Waals surface area contributed by atoms with Gasteiger partial charge in [-0.05, 0) is 31.7 Å². The summed E-state index contributed by atoms with van der Waals surface area (Å²) in [5.74, 6) is -1.41. The van der Waals surface area contributed by atoms with Crippen molar-refractivity contribution < 1.29 is 19.4 Å². The summed E-state index contributed by atoms with van der Waals surface area (Å²) in [6.45, 7) is 3.56. The molecule has 2 saturated heterocycles. The predicted octanol–water partition coefficient (Wildman–Crippen LogP) is 2.40. The van der Waals surface area contributed by atoms with Gasteiger partial charge in [0.15, 0.2) is 0 Å². The fourth-order valence-corrected chi connectivity index (χ4v) is 3.52. The molecule has 2 aliphatic heterocycles. The van der Waals surface area contributed by atoms with Gasteiger partial charge in [0.1, 0.15) is 0 Å². The van der Waals surface area contributed by atoms with Crippen molar-refractivity contribution in [3.8, 4) is 0 Å². The van der Waals surface area contributed by atoms with Gasteiger partial charge in [-0.25, -0.2) is 0 Å². The highest BCUT2D eigenvalue weighted by atomic mass is 16.5. The summed E-state index contributed by atoms with van der Waals surface area (Å²) in [5.41, 5.74) is 2.21. The first-order chi connectivity index (χ1) is 11.1. The minimum absolute atomic E-state index is 0.0408. The van der Waals surface area contributed by atoms with Crippen LogP contribution in [0.2, 0.25) is 0 Å². The summed E-state index contributed by atoms with van der Waals surface area (Å²) in [7, 11) is 0. The molecule has 2 heterocycles. The summed E-state index contributed by atoms with van der Waals surface area (Å²) in [5, 5.41) is 9.12. The molecule has 2 aliphatic rings. The second-order valence-electron chi connectivity index (χ2n) is 6.56. The molecular weight excluding hydrogens is 294 g/mol. The van der Waals surface area contributed by atoms with Crippen LogP contribution in [-0.2, 0) is 14.3 Å². The van der Waals surface area contributed by atoms with E-state index in [1.165, 1.54) is 5.56 Å². The number of rotatable bonds is 3. The summed E-state index contributed by atoms with van der Waals surface area (Å²) in [6.07, 6.45) is 1.99. The minimum Gasteiger partial charge on any atom is -0.481 e. The SMILES string of the molecule is Cc1ccc([C@@H]2OCCC[C@@H]2C(=O)N2CC[C@@H](C(=O)O)C2)cc1. The first kappa shape index (κ1) is 16.0. The van der Waals surface area contributed by atoms with E-state index in [0.29, 0.717) is 26.1 Å². The smallest absolute Gasteiger partial charge is 0.308 e. The van der Waals surface area contributed by atoms with Gasteiger partial charge in [0, 0.05) is 19.7 Å². The maximum atomic E-state index is 12.9. The van der Waals surface area contributed by atoms with Crippen LogP contribution in [0, 0.1) is 18.8 Å². The number of likely N-dealkylation sites (tertiary alicyclic amines) is 1. The molecule has 0 aromatic heterocycles. The molecule has 2 fully saturated rings. The van der Waals surface area contributed by atoms with Crippen LogP contribution in [0.3, 0.4) is 0 Å². The summed E-state index contributed by atoms with van der Waals surface area (Å²) in [4.78, 5) is 25.7. The first-order valence-electron chi connectivity index (χ1n) is 8.26. The molecule has 5 nitrogen and oxygen atoms in total. The maximum absolute atomic E-state index is 12.9.